The van der Waals surface area contributed by atoms with Gasteiger partial charge in [-0.3, -0.25) is 14.9 Å². The lowest BCUT2D eigenvalue weighted by molar-refractivity contribution is -0.384. The second-order valence-electron chi connectivity index (χ2n) is 6.71. The van der Waals surface area contributed by atoms with E-state index in [4.69, 9.17) is 11.6 Å². The summed E-state index contributed by atoms with van der Waals surface area (Å²) in [7, 11) is 0. The van der Waals surface area contributed by atoms with Gasteiger partial charge in [-0.25, -0.2) is 4.98 Å². The Balaban J connectivity index is 1.57. The Bertz CT molecular complexity index is 643. The molecular weight excluding hydrogens is 346 g/mol. The van der Waals surface area contributed by atoms with Gasteiger partial charge in [0.05, 0.1) is 4.92 Å². The highest BCUT2D eigenvalue weighted by Crippen LogP contribution is 2.31. The van der Waals surface area contributed by atoms with Crippen LogP contribution in [0.5, 0.6) is 0 Å². The minimum Gasteiger partial charge on any atom is -0.361 e. The van der Waals surface area contributed by atoms with Crippen LogP contribution in [-0.4, -0.2) is 44.8 Å². The molecule has 1 saturated carbocycles. The summed E-state index contributed by atoms with van der Waals surface area (Å²) in [4.78, 5) is 32.7. The fourth-order valence-electron chi connectivity index (χ4n) is 3.64. The molecule has 1 aromatic rings. The van der Waals surface area contributed by atoms with Gasteiger partial charge in [-0.05, 0) is 56.5 Å². The van der Waals surface area contributed by atoms with Crippen molar-refractivity contribution >= 4 is 29.0 Å². The fourth-order valence-corrected chi connectivity index (χ4v) is 3.78. The number of nitrogens with one attached hydrogen (secondary N) is 1. The number of rotatable bonds is 4. The molecular formula is C16H22ClN5O3. The summed E-state index contributed by atoms with van der Waals surface area (Å²) in [6.07, 6.45) is 7.66. The molecule has 2 fully saturated rings. The molecule has 0 aromatic carbocycles. The molecule has 25 heavy (non-hydrogen) atoms. The molecule has 2 heterocycles. The predicted octanol–water partition coefficient (Wildman–Crippen LogP) is 3.02. The molecule has 1 aromatic heterocycles. The number of carbonyl (C=O) groups is 1. The third kappa shape index (κ3) is 4.36. The van der Waals surface area contributed by atoms with Crippen LogP contribution >= 0.6 is 11.6 Å². The standard InChI is InChI=1S/C16H22ClN5O3/c17-16-18-10-13(22(24)25)14(20-16)19-12-6-4-11(5-7-12)15(23)21-8-2-1-3-9-21/h10-12H,1-9H2,(H,18,19,20)/t11-,12-. The maximum absolute atomic E-state index is 12.6. The van der Waals surface area contributed by atoms with Gasteiger partial charge < -0.3 is 10.2 Å². The smallest absolute Gasteiger partial charge is 0.329 e. The molecule has 0 radical (unpaired) electrons. The number of aromatic nitrogens is 2. The third-order valence-corrected chi connectivity index (χ3v) is 5.20. The van der Waals surface area contributed by atoms with E-state index in [0.717, 1.165) is 57.8 Å². The minimum absolute atomic E-state index is 0.0259. The largest absolute Gasteiger partial charge is 0.361 e. The molecule has 1 aliphatic carbocycles. The first kappa shape index (κ1) is 17.8. The van der Waals surface area contributed by atoms with E-state index >= 15 is 0 Å². The molecule has 0 atom stereocenters. The lowest BCUT2D eigenvalue weighted by atomic mass is 9.85. The molecule has 0 bridgehead atoms. The number of anilines is 1. The maximum Gasteiger partial charge on any atom is 0.329 e. The van der Waals surface area contributed by atoms with Crippen LogP contribution in [0, 0.1) is 16.0 Å². The van der Waals surface area contributed by atoms with Crippen molar-refractivity contribution in [2.24, 2.45) is 5.92 Å². The van der Waals surface area contributed by atoms with E-state index in [0.29, 0.717) is 0 Å². The first-order chi connectivity index (χ1) is 12.0. The Kier molecular flexibility index (Phi) is 5.67. The number of hydrogen-bond donors (Lipinski definition) is 1. The summed E-state index contributed by atoms with van der Waals surface area (Å²) >= 11 is 5.75. The Morgan fingerprint density at radius 3 is 2.56 bits per heavy atom. The number of nitrogens with zero attached hydrogens (tertiary/aromatic N) is 4. The Hall–Kier alpha value is -1.96. The molecule has 1 aliphatic heterocycles. The summed E-state index contributed by atoms with van der Waals surface area (Å²) in [5, 5.41) is 14.2. The van der Waals surface area contributed by atoms with Crippen LogP contribution in [0.4, 0.5) is 11.5 Å². The molecule has 3 rings (SSSR count). The first-order valence-corrected chi connectivity index (χ1v) is 9.14. The van der Waals surface area contributed by atoms with Gasteiger partial charge >= 0.3 is 5.69 Å². The Labute approximate surface area is 151 Å². The summed E-state index contributed by atoms with van der Waals surface area (Å²) < 4.78 is 0. The third-order valence-electron chi connectivity index (χ3n) is 5.02. The van der Waals surface area contributed by atoms with Crippen molar-refractivity contribution in [3.8, 4) is 0 Å². The second kappa shape index (κ2) is 7.95. The molecule has 136 valence electrons. The summed E-state index contributed by atoms with van der Waals surface area (Å²) in [6, 6.07) is 0.0510. The molecule has 1 amide bonds. The SMILES string of the molecule is O=C([C@H]1CC[C@H](Nc2nc(Cl)ncc2[N+](=O)[O-])CC1)N1CCCCC1. The Morgan fingerprint density at radius 2 is 1.92 bits per heavy atom. The normalized spacial score (nSPS) is 24.0. The summed E-state index contributed by atoms with van der Waals surface area (Å²) in [5.41, 5.74) is -0.184. The van der Waals surface area contributed by atoms with Gasteiger partial charge in [-0.1, -0.05) is 0 Å². The van der Waals surface area contributed by atoms with E-state index in [1.807, 2.05) is 4.90 Å². The zero-order valence-electron chi connectivity index (χ0n) is 14.0. The number of amides is 1. The summed E-state index contributed by atoms with van der Waals surface area (Å²) in [6.45, 7) is 1.76. The zero-order valence-corrected chi connectivity index (χ0v) is 14.7. The van der Waals surface area contributed by atoms with Crippen molar-refractivity contribution in [3.05, 3.63) is 21.6 Å². The Morgan fingerprint density at radius 1 is 1.24 bits per heavy atom. The lowest BCUT2D eigenvalue weighted by Crippen LogP contribution is -2.41. The molecule has 8 nitrogen and oxygen atoms in total. The highest BCUT2D eigenvalue weighted by atomic mass is 35.5. The zero-order chi connectivity index (χ0) is 17.8. The van der Waals surface area contributed by atoms with Crippen molar-refractivity contribution in [1.29, 1.82) is 0 Å². The van der Waals surface area contributed by atoms with E-state index in [1.54, 1.807) is 0 Å². The number of halogens is 1. The molecule has 2 aliphatic rings. The van der Waals surface area contributed by atoms with Gasteiger partial charge in [0.15, 0.2) is 0 Å². The average molecular weight is 368 g/mol. The predicted molar refractivity (Wildman–Crippen MR) is 93.5 cm³/mol. The molecule has 1 N–H and O–H groups in total. The van der Waals surface area contributed by atoms with Crippen LogP contribution in [0.25, 0.3) is 0 Å². The molecule has 9 heteroatoms. The summed E-state index contributed by atoms with van der Waals surface area (Å²) in [5.74, 6) is 0.491. The molecule has 0 unspecified atom stereocenters. The number of hydrogen-bond acceptors (Lipinski definition) is 6. The van der Waals surface area contributed by atoms with E-state index in [-0.39, 0.29) is 34.7 Å². The van der Waals surface area contributed by atoms with Gasteiger partial charge in [-0.2, -0.15) is 4.98 Å². The highest BCUT2D eigenvalue weighted by molar-refractivity contribution is 6.28. The van der Waals surface area contributed by atoms with E-state index < -0.39 is 4.92 Å². The topological polar surface area (TPSA) is 101 Å². The van der Waals surface area contributed by atoms with Gasteiger partial charge in [0.25, 0.3) is 0 Å². The van der Waals surface area contributed by atoms with Crippen LogP contribution in [-0.2, 0) is 4.79 Å². The van der Waals surface area contributed by atoms with Crippen LogP contribution < -0.4 is 5.32 Å². The van der Waals surface area contributed by atoms with Crippen molar-refractivity contribution < 1.29 is 9.72 Å². The van der Waals surface area contributed by atoms with Crippen LogP contribution in [0.3, 0.4) is 0 Å². The van der Waals surface area contributed by atoms with E-state index in [9.17, 15) is 14.9 Å². The first-order valence-electron chi connectivity index (χ1n) is 8.77. The number of nitro groups is 1. The quantitative estimate of drug-likeness (QED) is 0.498. The number of carbonyl (C=O) groups excluding carboxylic acids is 1. The molecule has 0 spiro atoms. The highest BCUT2D eigenvalue weighted by Gasteiger charge is 2.31. The number of piperidine rings is 1. The minimum atomic E-state index is -0.524. The van der Waals surface area contributed by atoms with E-state index in [2.05, 4.69) is 15.3 Å². The fraction of sp³-hybridized carbons (Fsp3) is 0.688. The van der Waals surface area contributed by atoms with Crippen LogP contribution in [0.1, 0.15) is 44.9 Å². The van der Waals surface area contributed by atoms with Gasteiger partial charge in [0.2, 0.25) is 17.0 Å². The maximum atomic E-state index is 12.6. The van der Waals surface area contributed by atoms with E-state index in [1.165, 1.54) is 6.42 Å². The van der Waals surface area contributed by atoms with Crippen molar-refractivity contribution in [2.75, 3.05) is 18.4 Å². The van der Waals surface area contributed by atoms with Crippen molar-refractivity contribution in [2.45, 2.75) is 51.0 Å². The monoisotopic (exact) mass is 367 g/mol. The number of likely N-dealkylation sites (tertiary alicyclic amines) is 1. The van der Waals surface area contributed by atoms with Crippen molar-refractivity contribution in [1.82, 2.24) is 14.9 Å². The van der Waals surface area contributed by atoms with Gasteiger partial charge in [-0.15, -0.1) is 0 Å². The molecule has 1 saturated heterocycles. The van der Waals surface area contributed by atoms with Crippen LogP contribution in [0.15, 0.2) is 6.20 Å². The average Bonchev–Trinajstić information content (AvgIpc) is 2.62. The van der Waals surface area contributed by atoms with Gasteiger partial charge in [0.1, 0.15) is 6.20 Å². The second-order valence-corrected chi connectivity index (χ2v) is 7.05. The van der Waals surface area contributed by atoms with Gasteiger partial charge in [0, 0.05) is 25.0 Å². The van der Waals surface area contributed by atoms with Crippen molar-refractivity contribution in [3.63, 3.8) is 0 Å². The van der Waals surface area contributed by atoms with Crippen LogP contribution in [0.2, 0.25) is 5.28 Å². The lowest BCUT2D eigenvalue weighted by Gasteiger charge is -2.34.